The molecule has 0 radical (unpaired) electrons. The van der Waals surface area contributed by atoms with Gasteiger partial charge in [-0.1, -0.05) is 35.5 Å². The average molecular weight is 458 g/mol. The Labute approximate surface area is 192 Å². The lowest BCUT2D eigenvalue weighted by Crippen LogP contribution is -2.10. The number of rotatable bonds is 6. The van der Waals surface area contributed by atoms with Crippen LogP contribution in [0.25, 0.3) is 34.2 Å². The minimum absolute atomic E-state index is 0.192. The number of aromatic nitrogens is 3. The van der Waals surface area contributed by atoms with Crippen molar-refractivity contribution in [2.24, 2.45) is 0 Å². The highest BCUT2D eigenvalue weighted by molar-refractivity contribution is 7.08. The van der Waals surface area contributed by atoms with Gasteiger partial charge in [0.25, 0.3) is 17.7 Å². The molecule has 33 heavy (non-hydrogen) atoms. The third-order valence-corrected chi connectivity index (χ3v) is 5.71. The second-order valence-electron chi connectivity index (χ2n) is 7.12. The summed E-state index contributed by atoms with van der Waals surface area (Å²) in [5.41, 5.74) is 3.93. The molecule has 8 nitrogen and oxygen atoms in total. The molecule has 9 heteroatoms. The van der Waals surface area contributed by atoms with Crippen molar-refractivity contribution in [3.05, 3.63) is 76.7 Å². The van der Waals surface area contributed by atoms with Gasteiger partial charge >= 0.3 is 0 Å². The van der Waals surface area contributed by atoms with Crippen molar-refractivity contribution >= 4 is 22.9 Å². The fourth-order valence-electron chi connectivity index (χ4n) is 3.39. The molecular formula is C24H18N4O4S. The number of nitrogens with zero attached hydrogens (tertiary/aromatic N) is 3. The summed E-state index contributed by atoms with van der Waals surface area (Å²) in [6.45, 7) is 1.80. The number of benzene rings is 2. The fraction of sp³-hybridized carbons (Fsp3) is 0.0833. The molecule has 5 rings (SSSR count). The zero-order valence-corrected chi connectivity index (χ0v) is 18.6. The number of ether oxygens (including phenoxy) is 1. The number of amides is 1. The molecule has 3 heterocycles. The maximum atomic E-state index is 12.3. The van der Waals surface area contributed by atoms with Gasteiger partial charge in [-0.3, -0.25) is 4.79 Å². The van der Waals surface area contributed by atoms with Crippen LogP contribution in [0.15, 0.2) is 74.3 Å². The second kappa shape index (κ2) is 8.71. The van der Waals surface area contributed by atoms with E-state index in [1.165, 1.54) is 18.4 Å². The number of carbonyl (C=O) groups excluding carboxylic acids is 1. The summed E-state index contributed by atoms with van der Waals surface area (Å²) in [6, 6.07) is 16.6. The number of anilines is 1. The van der Waals surface area contributed by atoms with Crippen LogP contribution in [0.1, 0.15) is 16.1 Å². The Bertz CT molecular complexity index is 1410. The van der Waals surface area contributed by atoms with Crippen LogP contribution < -0.4 is 10.1 Å². The third kappa shape index (κ3) is 4.01. The number of hydrogen-bond acceptors (Lipinski definition) is 8. The summed E-state index contributed by atoms with van der Waals surface area (Å²) in [6.07, 6.45) is 0. The lowest BCUT2D eigenvalue weighted by atomic mass is 10.1. The monoisotopic (exact) mass is 458 g/mol. The molecule has 0 atom stereocenters. The standard InChI is InChI=1S/C24H18N4O4S/c1-14-20(21(28-32-14)15-6-4-3-5-7-15)24-27-26-23(31-24)18-9-8-17(12-19(18)30-2)25-22(29)16-10-11-33-13-16/h3-13H,1-2H3,(H,25,29). The quantitative estimate of drug-likeness (QED) is 0.349. The smallest absolute Gasteiger partial charge is 0.256 e. The van der Waals surface area contributed by atoms with Gasteiger partial charge in [0, 0.05) is 22.7 Å². The van der Waals surface area contributed by atoms with Crippen LogP contribution in [0, 0.1) is 6.92 Å². The SMILES string of the molecule is COc1cc(NC(=O)c2ccsc2)ccc1-c1nnc(-c2c(-c3ccccc3)noc2C)o1. The van der Waals surface area contributed by atoms with Crippen LogP contribution in [-0.2, 0) is 0 Å². The predicted octanol–water partition coefficient (Wildman–Crippen LogP) is 5.69. The third-order valence-electron chi connectivity index (χ3n) is 5.02. The first kappa shape index (κ1) is 20.7. The van der Waals surface area contributed by atoms with Gasteiger partial charge in [-0.15, -0.1) is 10.2 Å². The van der Waals surface area contributed by atoms with E-state index in [1.807, 2.05) is 35.7 Å². The first-order chi connectivity index (χ1) is 16.1. The van der Waals surface area contributed by atoms with Gasteiger partial charge in [-0.2, -0.15) is 11.3 Å². The lowest BCUT2D eigenvalue weighted by molar-refractivity contribution is 0.102. The molecule has 1 N–H and O–H groups in total. The molecule has 0 spiro atoms. The summed E-state index contributed by atoms with van der Waals surface area (Å²) in [7, 11) is 1.54. The second-order valence-corrected chi connectivity index (χ2v) is 7.90. The van der Waals surface area contributed by atoms with Crippen LogP contribution in [0.3, 0.4) is 0 Å². The molecule has 0 fully saturated rings. The van der Waals surface area contributed by atoms with E-state index in [0.29, 0.717) is 45.5 Å². The highest BCUT2D eigenvalue weighted by Crippen LogP contribution is 2.37. The van der Waals surface area contributed by atoms with E-state index < -0.39 is 0 Å². The zero-order valence-electron chi connectivity index (χ0n) is 17.7. The van der Waals surface area contributed by atoms with Crippen molar-refractivity contribution in [2.75, 3.05) is 12.4 Å². The first-order valence-electron chi connectivity index (χ1n) is 10.0. The number of hydrogen-bond donors (Lipinski definition) is 1. The number of aryl methyl sites for hydroxylation is 1. The van der Waals surface area contributed by atoms with Crippen LogP contribution in [0.2, 0.25) is 0 Å². The van der Waals surface area contributed by atoms with E-state index in [1.54, 1.807) is 36.6 Å². The molecule has 5 aromatic rings. The van der Waals surface area contributed by atoms with Crippen molar-refractivity contribution in [2.45, 2.75) is 6.92 Å². The summed E-state index contributed by atoms with van der Waals surface area (Å²) in [5.74, 6) is 1.43. The molecule has 0 unspecified atom stereocenters. The van der Waals surface area contributed by atoms with Gasteiger partial charge < -0.3 is 19.0 Å². The summed E-state index contributed by atoms with van der Waals surface area (Å²) >= 11 is 1.46. The normalized spacial score (nSPS) is 10.8. The van der Waals surface area contributed by atoms with E-state index in [2.05, 4.69) is 20.7 Å². The molecule has 0 saturated heterocycles. The molecule has 1 amide bonds. The zero-order chi connectivity index (χ0) is 22.8. The molecule has 2 aromatic carbocycles. The molecular weight excluding hydrogens is 440 g/mol. The maximum Gasteiger partial charge on any atom is 0.256 e. The van der Waals surface area contributed by atoms with E-state index in [0.717, 1.165) is 5.56 Å². The molecule has 0 aliphatic rings. The van der Waals surface area contributed by atoms with Gasteiger partial charge in [-0.25, -0.2) is 0 Å². The van der Waals surface area contributed by atoms with Crippen LogP contribution >= 0.6 is 11.3 Å². The summed E-state index contributed by atoms with van der Waals surface area (Å²) < 4.78 is 16.9. The predicted molar refractivity (Wildman–Crippen MR) is 124 cm³/mol. The highest BCUT2D eigenvalue weighted by Gasteiger charge is 2.23. The minimum atomic E-state index is -0.192. The molecule has 3 aromatic heterocycles. The molecule has 0 aliphatic carbocycles. The first-order valence-corrected chi connectivity index (χ1v) is 11.0. The molecule has 0 bridgehead atoms. The summed E-state index contributed by atoms with van der Waals surface area (Å²) in [5, 5.41) is 19.1. The Morgan fingerprint density at radius 1 is 1.06 bits per heavy atom. The maximum absolute atomic E-state index is 12.3. The van der Waals surface area contributed by atoms with E-state index >= 15 is 0 Å². The summed E-state index contributed by atoms with van der Waals surface area (Å²) in [4.78, 5) is 12.3. The van der Waals surface area contributed by atoms with Gasteiger partial charge in [0.2, 0.25) is 0 Å². The molecule has 164 valence electrons. The van der Waals surface area contributed by atoms with Gasteiger partial charge in [0.15, 0.2) is 0 Å². The molecule has 0 saturated carbocycles. The fourth-order valence-corrected chi connectivity index (χ4v) is 4.03. The highest BCUT2D eigenvalue weighted by atomic mass is 32.1. The van der Waals surface area contributed by atoms with Crippen LogP contribution in [0.4, 0.5) is 5.69 Å². The Kier molecular flexibility index (Phi) is 5.45. The topological polar surface area (TPSA) is 103 Å². The van der Waals surface area contributed by atoms with Crippen LogP contribution in [-0.4, -0.2) is 28.4 Å². The Morgan fingerprint density at radius 2 is 1.88 bits per heavy atom. The van der Waals surface area contributed by atoms with Gasteiger partial charge in [-0.05, 0) is 30.5 Å². The Morgan fingerprint density at radius 3 is 2.64 bits per heavy atom. The largest absolute Gasteiger partial charge is 0.496 e. The van der Waals surface area contributed by atoms with Gasteiger partial charge in [0.05, 0.1) is 18.2 Å². The van der Waals surface area contributed by atoms with E-state index in [9.17, 15) is 4.79 Å². The number of methoxy groups -OCH3 is 1. The van der Waals surface area contributed by atoms with Crippen molar-refractivity contribution in [1.82, 2.24) is 15.4 Å². The molecule has 0 aliphatic heterocycles. The number of carbonyl (C=O) groups is 1. The van der Waals surface area contributed by atoms with Gasteiger partial charge in [0.1, 0.15) is 22.8 Å². The number of nitrogens with one attached hydrogen (secondary N) is 1. The van der Waals surface area contributed by atoms with Crippen molar-refractivity contribution in [3.63, 3.8) is 0 Å². The minimum Gasteiger partial charge on any atom is -0.496 e. The number of thiophene rings is 1. The Hall–Kier alpha value is -4.24. The average Bonchev–Trinajstić information content (AvgIpc) is 3.60. The van der Waals surface area contributed by atoms with E-state index in [-0.39, 0.29) is 11.8 Å². The lowest BCUT2D eigenvalue weighted by Gasteiger charge is -2.09. The van der Waals surface area contributed by atoms with Crippen molar-refractivity contribution in [3.8, 4) is 39.9 Å². The van der Waals surface area contributed by atoms with Crippen molar-refractivity contribution in [1.29, 1.82) is 0 Å². The van der Waals surface area contributed by atoms with E-state index in [4.69, 9.17) is 13.7 Å². The van der Waals surface area contributed by atoms with Crippen LogP contribution in [0.5, 0.6) is 5.75 Å². The van der Waals surface area contributed by atoms with Crippen molar-refractivity contribution < 1.29 is 18.5 Å². The Balaban J connectivity index is 1.46.